The van der Waals surface area contributed by atoms with Gasteiger partial charge in [-0.3, -0.25) is 5.10 Å². The molecule has 1 atom stereocenters. The van der Waals surface area contributed by atoms with Crippen molar-refractivity contribution in [1.82, 2.24) is 15.2 Å². The Bertz CT molecular complexity index is 866. The molecule has 1 aliphatic rings. The number of halogens is 2. The van der Waals surface area contributed by atoms with E-state index in [1.165, 1.54) is 0 Å². The van der Waals surface area contributed by atoms with Crippen LogP contribution in [-0.4, -0.2) is 39.5 Å². The number of pyridine rings is 1. The molecule has 3 heterocycles. The van der Waals surface area contributed by atoms with Crippen molar-refractivity contribution < 1.29 is 5.11 Å². The van der Waals surface area contributed by atoms with Crippen molar-refractivity contribution in [3.05, 3.63) is 40.6 Å². The zero-order valence-corrected chi connectivity index (χ0v) is 13.6. The van der Waals surface area contributed by atoms with Crippen LogP contribution >= 0.6 is 23.2 Å². The van der Waals surface area contributed by atoms with Gasteiger partial charge in [-0.1, -0.05) is 29.3 Å². The lowest BCUT2D eigenvalue weighted by molar-refractivity contribution is 0.198. The fraction of sp³-hybridized carbons (Fsp3) is 0.250. The number of fused-ring (bicyclic) bond motifs is 1. The first-order valence-corrected chi connectivity index (χ1v) is 8.10. The quantitative estimate of drug-likeness (QED) is 0.743. The number of anilines is 1. The average molecular weight is 349 g/mol. The molecule has 1 fully saturated rings. The van der Waals surface area contributed by atoms with E-state index in [9.17, 15) is 5.11 Å². The molecule has 3 aromatic rings. The third-order valence-corrected chi connectivity index (χ3v) is 4.95. The summed E-state index contributed by atoms with van der Waals surface area (Å²) in [5, 5.41) is 18.5. The molecule has 1 aliphatic heterocycles. The fourth-order valence-electron chi connectivity index (χ4n) is 2.97. The van der Waals surface area contributed by atoms with E-state index in [0.29, 0.717) is 22.1 Å². The topological polar surface area (TPSA) is 65.0 Å². The summed E-state index contributed by atoms with van der Waals surface area (Å²) >= 11 is 12.5. The van der Waals surface area contributed by atoms with Gasteiger partial charge in [0.1, 0.15) is 5.82 Å². The molecule has 0 spiro atoms. The molecule has 1 unspecified atom stereocenters. The van der Waals surface area contributed by atoms with E-state index in [4.69, 9.17) is 28.2 Å². The average Bonchev–Trinajstić information content (AvgIpc) is 3.21. The highest BCUT2D eigenvalue weighted by Gasteiger charge is 2.23. The predicted octanol–water partition coefficient (Wildman–Crippen LogP) is 3.50. The number of hydrogen-bond acceptors (Lipinski definition) is 4. The standard InChI is InChI=1S/C16H14Cl2N4O/c17-13-2-1-11-12(9-6-19-20-7-9)5-14(21-16(11)15(13)18)22-4-3-10(23)8-22/h1-2,5-7,10,23H,3-4,8H2,(H,19,20). The molecule has 4 rings (SSSR count). The van der Waals surface area contributed by atoms with E-state index < -0.39 is 0 Å². The molecule has 1 aromatic carbocycles. The van der Waals surface area contributed by atoms with Crippen LogP contribution in [-0.2, 0) is 0 Å². The molecule has 5 nitrogen and oxygen atoms in total. The largest absolute Gasteiger partial charge is 0.391 e. The summed E-state index contributed by atoms with van der Waals surface area (Å²) < 4.78 is 0. The van der Waals surface area contributed by atoms with Crippen LogP contribution in [0.3, 0.4) is 0 Å². The molecule has 0 bridgehead atoms. The molecule has 0 amide bonds. The van der Waals surface area contributed by atoms with Crippen molar-refractivity contribution in [3.63, 3.8) is 0 Å². The van der Waals surface area contributed by atoms with Gasteiger partial charge in [0.2, 0.25) is 0 Å². The van der Waals surface area contributed by atoms with Gasteiger partial charge in [0.25, 0.3) is 0 Å². The molecular formula is C16H14Cl2N4O. The number of benzene rings is 1. The molecule has 0 saturated carbocycles. The second-order valence-electron chi connectivity index (χ2n) is 5.66. The van der Waals surface area contributed by atoms with Gasteiger partial charge >= 0.3 is 0 Å². The highest BCUT2D eigenvalue weighted by Crippen LogP contribution is 2.37. The smallest absolute Gasteiger partial charge is 0.130 e. The monoisotopic (exact) mass is 348 g/mol. The van der Waals surface area contributed by atoms with Crippen LogP contribution in [0.4, 0.5) is 5.82 Å². The SMILES string of the molecule is OC1CCN(c2cc(-c3cn[nH]c3)c3ccc(Cl)c(Cl)c3n2)C1. The highest BCUT2D eigenvalue weighted by molar-refractivity contribution is 6.45. The van der Waals surface area contributed by atoms with Crippen LogP contribution in [0, 0.1) is 0 Å². The second kappa shape index (κ2) is 5.67. The summed E-state index contributed by atoms with van der Waals surface area (Å²) in [4.78, 5) is 6.75. The molecule has 0 radical (unpaired) electrons. The first-order chi connectivity index (χ1) is 11.1. The number of nitrogens with zero attached hydrogens (tertiary/aromatic N) is 3. The van der Waals surface area contributed by atoms with Crippen molar-refractivity contribution in [3.8, 4) is 11.1 Å². The van der Waals surface area contributed by atoms with Crippen LogP contribution in [0.25, 0.3) is 22.0 Å². The summed E-state index contributed by atoms with van der Waals surface area (Å²) in [6, 6.07) is 5.70. The van der Waals surface area contributed by atoms with Crippen LogP contribution < -0.4 is 4.90 Å². The van der Waals surface area contributed by atoms with E-state index >= 15 is 0 Å². The first kappa shape index (κ1) is 14.8. The zero-order valence-electron chi connectivity index (χ0n) is 12.1. The number of nitrogens with one attached hydrogen (secondary N) is 1. The Balaban J connectivity index is 1.96. The maximum absolute atomic E-state index is 9.79. The molecule has 2 aromatic heterocycles. The predicted molar refractivity (Wildman–Crippen MR) is 92.2 cm³/mol. The van der Waals surface area contributed by atoms with E-state index in [1.54, 1.807) is 12.3 Å². The third-order valence-electron chi connectivity index (χ3n) is 4.16. The number of aromatic nitrogens is 3. The molecular weight excluding hydrogens is 335 g/mol. The lowest BCUT2D eigenvalue weighted by Gasteiger charge is -2.19. The number of H-pyrrole nitrogens is 1. The summed E-state index contributed by atoms with van der Waals surface area (Å²) in [6.45, 7) is 1.34. The van der Waals surface area contributed by atoms with E-state index in [2.05, 4.69) is 15.1 Å². The normalized spacial score (nSPS) is 18.0. The van der Waals surface area contributed by atoms with Crippen molar-refractivity contribution >= 4 is 39.9 Å². The van der Waals surface area contributed by atoms with Gasteiger partial charge in [-0.15, -0.1) is 0 Å². The van der Waals surface area contributed by atoms with Gasteiger partial charge in [-0.2, -0.15) is 5.10 Å². The lowest BCUT2D eigenvalue weighted by Crippen LogP contribution is -2.22. The molecule has 0 aliphatic carbocycles. The minimum absolute atomic E-state index is 0.320. The van der Waals surface area contributed by atoms with Crippen LogP contribution in [0.15, 0.2) is 30.6 Å². The molecule has 1 saturated heterocycles. The third kappa shape index (κ3) is 2.55. The number of aliphatic hydroxyl groups is 1. The first-order valence-electron chi connectivity index (χ1n) is 7.34. The Morgan fingerprint density at radius 1 is 1.30 bits per heavy atom. The van der Waals surface area contributed by atoms with Crippen LogP contribution in [0.1, 0.15) is 6.42 Å². The molecule has 7 heteroatoms. The van der Waals surface area contributed by atoms with Crippen LogP contribution in [0.2, 0.25) is 10.0 Å². The van der Waals surface area contributed by atoms with Crippen molar-refractivity contribution in [2.45, 2.75) is 12.5 Å². The summed E-state index contributed by atoms with van der Waals surface area (Å²) in [6.07, 6.45) is 4.02. The fourth-order valence-corrected chi connectivity index (χ4v) is 3.33. The zero-order chi connectivity index (χ0) is 16.0. The number of aliphatic hydroxyl groups excluding tert-OH is 1. The Morgan fingerprint density at radius 2 is 2.17 bits per heavy atom. The molecule has 118 valence electrons. The van der Waals surface area contributed by atoms with E-state index in [1.807, 2.05) is 18.3 Å². The van der Waals surface area contributed by atoms with Gasteiger partial charge in [0, 0.05) is 30.2 Å². The number of hydrogen-bond donors (Lipinski definition) is 2. The van der Waals surface area contributed by atoms with Crippen LogP contribution in [0.5, 0.6) is 0 Å². The van der Waals surface area contributed by atoms with Gasteiger partial charge < -0.3 is 10.0 Å². The van der Waals surface area contributed by atoms with Gasteiger partial charge in [-0.05, 0) is 24.1 Å². The van der Waals surface area contributed by atoms with Gasteiger partial charge in [-0.25, -0.2) is 4.98 Å². The summed E-state index contributed by atoms with van der Waals surface area (Å²) in [7, 11) is 0. The number of aromatic amines is 1. The van der Waals surface area contributed by atoms with Gasteiger partial charge in [0.15, 0.2) is 0 Å². The molecule has 23 heavy (non-hydrogen) atoms. The van der Waals surface area contributed by atoms with Gasteiger partial charge in [0.05, 0.1) is 27.9 Å². The minimum atomic E-state index is -0.320. The van der Waals surface area contributed by atoms with E-state index in [0.717, 1.165) is 35.3 Å². The lowest BCUT2D eigenvalue weighted by atomic mass is 10.0. The molecule has 2 N–H and O–H groups in total. The highest BCUT2D eigenvalue weighted by atomic mass is 35.5. The summed E-state index contributed by atoms with van der Waals surface area (Å²) in [5.74, 6) is 0.786. The Kier molecular flexibility index (Phi) is 3.64. The second-order valence-corrected chi connectivity index (χ2v) is 6.45. The number of rotatable bonds is 2. The maximum atomic E-state index is 9.79. The van der Waals surface area contributed by atoms with E-state index in [-0.39, 0.29) is 6.10 Å². The Labute approximate surface area is 142 Å². The Morgan fingerprint density at radius 3 is 2.87 bits per heavy atom. The number of β-amino-alcohol motifs (C(OH)–C–C–N with tert-alkyl or cyclic N) is 1. The summed E-state index contributed by atoms with van der Waals surface area (Å²) in [5.41, 5.74) is 2.60. The van der Waals surface area contributed by atoms with Crippen molar-refractivity contribution in [2.24, 2.45) is 0 Å². The minimum Gasteiger partial charge on any atom is -0.391 e. The van der Waals surface area contributed by atoms with Crippen molar-refractivity contribution in [2.75, 3.05) is 18.0 Å². The van der Waals surface area contributed by atoms with Crippen molar-refractivity contribution in [1.29, 1.82) is 0 Å². The Hall–Kier alpha value is -1.82. The maximum Gasteiger partial charge on any atom is 0.130 e.